The van der Waals surface area contributed by atoms with Gasteiger partial charge in [0.1, 0.15) is 10.8 Å². The van der Waals surface area contributed by atoms with E-state index in [1.165, 1.54) is 24.3 Å². The third-order valence-corrected chi connectivity index (χ3v) is 6.85. The average molecular weight is 402 g/mol. The molecule has 1 aromatic heterocycles. The van der Waals surface area contributed by atoms with Gasteiger partial charge in [-0.3, -0.25) is 0 Å². The number of amides is 1. The van der Waals surface area contributed by atoms with E-state index in [1.54, 1.807) is 11.3 Å². The Morgan fingerprint density at radius 3 is 2.89 bits per heavy atom. The van der Waals surface area contributed by atoms with Gasteiger partial charge in [-0.25, -0.2) is 9.78 Å². The molecule has 1 aliphatic heterocycles. The first kappa shape index (κ1) is 19.2. The molecule has 2 N–H and O–H groups in total. The van der Waals surface area contributed by atoms with Crippen LogP contribution in [0.2, 0.25) is 0 Å². The second-order valence-corrected chi connectivity index (χ2v) is 8.71. The van der Waals surface area contributed by atoms with Crippen LogP contribution in [0.3, 0.4) is 0 Å². The van der Waals surface area contributed by atoms with E-state index in [2.05, 4.69) is 17.1 Å². The maximum Gasteiger partial charge on any atom is 0.405 e. The lowest BCUT2D eigenvalue weighted by molar-refractivity contribution is 0.189. The summed E-state index contributed by atoms with van der Waals surface area (Å²) in [5, 5.41) is 12.5. The molecule has 2 aliphatic rings. The zero-order valence-electron chi connectivity index (χ0n) is 16.2. The number of thiazole rings is 1. The maximum atomic E-state index is 10.9. The molecule has 2 aromatic rings. The summed E-state index contributed by atoms with van der Waals surface area (Å²) in [5.41, 5.74) is 1.94. The Labute approximate surface area is 169 Å². The fraction of sp³-hybridized carbons (Fsp3) is 0.524. The molecule has 0 radical (unpaired) electrons. The lowest BCUT2D eigenvalue weighted by Gasteiger charge is -2.20. The van der Waals surface area contributed by atoms with Crippen LogP contribution in [0, 0.1) is 0 Å². The number of carboxylic acid groups (broad SMARTS) is 1. The molecule has 2 atom stereocenters. The fourth-order valence-corrected chi connectivity index (χ4v) is 5.26. The van der Waals surface area contributed by atoms with Crippen molar-refractivity contribution < 1.29 is 14.6 Å². The first-order chi connectivity index (χ1) is 13.6. The number of rotatable bonds is 7. The molecule has 6 nitrogen and oxygen atoms in total. The number of aryl methyl sites for hydroxylation is 1. The summed E-state index contributed by atoms with van der Waals surface area (Å²) in [5.74, 6) is 0.882. The molecule has 4 rings (SSSR count). The molecule has 2 heterocycles. The third-order valence-electron chi connectivity index (χ3n) is 5.67. The highest BCUT2D eigenvalue weighted by atomic mass is 32.1. The molecule has 150 valence electrons. The molecule has 0 bridgehead atoms. The number of nitrogens with one attached hydrogen (secondary N) is 1. The minimum atomic E-state index is -0.993. The van der Waals surface area contributed by atoms with Crippen molar-refractivity contribution in [2.45, 2.75) is 51.1 Å². The van der Waals surface area contributed by atoms with Crippen molar-refractivity contribution in [2.75, 3.05) is 19.7 Å². The van der Waals surface area contributed by atoms with E-state index in [1.807, 2.05) is 24.3 Å². The average Bonchev–Trinajstić information content (AvgIpc) is 3.37. The van der Waals surface area contributed by atoms with Crippen LogP contribution in [-0.2, 0) is 6.42 Å². The first-order valence-corrected chi connectivity index (χ1v) is 10.9. The Bertz CT molecular complexity index is 821. The second-order valence-electron chi connectivity index (χ2n) is 7.62. The number of ether oxygens (including phenoxy) is 1. The highest BCUT2D eigenvalue weighted by Gasteiger charge is 2.28. The highest BCUT2D eigenvalue weighted by molar-refractivity contribution is 7.15. The molecule has 0 spiro atoms. The van der Waals surface area contributed by atoms with Gasteiger partial charge >= 0.3 is 6.09 Å². The van der Waals surface area contributed by atoms with Crippen LogP contribution in [-0.4, -0.2) is 46.8 Å². The van der Waals surface area contributed by atoms with Gasteiger partial charge in [0, 0.05) is 23.0 Å². The predicted octanol–water partition coefficient (Wildman–Crippen LogP) is 4.32. The van der Waals surface area contributed by atoms with Crippen LogP contribution in [0.5, 0.6) is 5.75 Å². The summed E-state index contributed by atoms with van der Waals surface area (Å²) in [6.07, 6.45) is 4.36. The van der Waals surface area contributed by atoms with E-state index in [0.717, 1.165) is 54.4 Å². The quantitative estimate of drug-likeness (QED) is 0.676. The standard InChI is InChI=1S/C21H27N3O3S/c1-14-4-2-11-24(14)12-3-13-27-16-7-5-15(6-8-16)20-23-19-17(22-21(25)26)9-10-18(19)28-20/h5-8,14,17,22H,2-4,9-13H2,1H3,(H,25,26). The molecular formula is C21H27N3O3S. The van der Waals surface area contributed by atoms with Gasteiger partial charge in [0.2, 0.25) is 0 Å². The minimum Gasteiger partial charge on any atom is -0.494 e. The van der Waals surface area contributed by atoms with E-state index in [-0.39, 0.29) is 6.04 Å². The Kier molecular flexibility index (Phi) is 5.82. The number of hydrogen-bond acceptors (Lipinski definition) is 5. The molecule has 1 aliphatic carbocycles. The predicted molar refractivity (Wildman–Crippen MR) is 110 cm³/mol. The van der Waals surface area contributed by atoms with Crippen molar-refractivity contribution in [1.82, 2.24) is 15.2 Å². The van der Waals surface area contributed by atoms with Gasteiger partial charge < -0.3 is 20.1 Å². The van der Waals surface area contributed by atoms with Crippen LogP contribution < -0.4 is 10.1 Å². The van der Waals surface area contributed by atoms with E-state index < -0.39 is 6.09 Å². The normalized spacial score (nSPS) is 21.6. The van der Waals surface area contributed by atoms with E-state index >= 15 is 0 Å². The molecule has 7 heteroatoms. The van der Waals surface area contributed by atoms with E-state index in [4.69, 9.17) is 14.8 Å². The summed E-state index contributed by atoms with van der Waals surface area (Å²) in [4.78, 5) is 19.4. The zero-order valence-corrected chi connectivity index (χ0v) is 17.0. The largest absolute Gasteiger partial charge is 0.494 e. The van der Waals surface area contributed by atoms with Crippen molar-refractivity contribution >= 4 is 17.4 Å². The Morgan fingerprint density at radius 2 is 2.18 bits per heavy atom. The molecule has 1 amide bonds. The van der Waals surface area contributed by atoms with Gasteiger partial charge in [0.15, 0.2) is 0 Å². The van der Waals surface area contributed by atoms with Gasteiger partial charge in [-0.15, -0.1) is 11.3 Å². The highest BCUT2D eigenvalue weighted by Crippen LogP contribution is 2.38. The van der Waals surface area contributed by atoms with Crippen LogP contribution in [0.4, 0.5) is 4.79 Å². The van der Waals surface area contributed by atoms with Crippen LogP contribution in [0.1, 0.15) is 49.2 Å². The monoisotopic (exact) mass is 401 g/mol. The van der Waals surface area contributed by atoms with Crippen molar-refractivity contribution in [3.05, 3.63) is 34.8 Å². The number of carbonyl (C=O) groups is 1. The van der Waals surface area contributed by atoms with Crippen molar-refractivity contribution in [1.29, 1.82) is 0 Å². The Hall–Kier alpha value is -2.12. The topological polar surface area (TPSA) is 74.7 Å². The molecule has 28 heavy (non-hydrogen) atoms. The number of likely N-dealkylation sites (tertiary alicyclic amines) is 1. The number of nitrogens with zero attached hydrogens (tertiary/aromatic N) is 2. The van der Waals surface area contributed by atoms with Gasteiger partial charge in [-0.1, -0.05) is 0 Å². The minimum absolute atomic E-state index is 0.182. The van der Waals surface area contributed by atoms with Gasteiger partial charge in [0.25, 0.3) is 0 Å². The van der Waals surface area contributed by atoms with Crippen molar-refractivity contribution in [3.63, 3.8) is 0 Å². The molecule has 0 saturated carbocycles. The van der Waals surface area contributed by atoms with Gasteiger partial charge in [-0.05, 0) is 69.8 Å². The maximum absolute atomic E-state index is 10.9. The smallest absolute Gasteiger partial charge is 0.405 e. The molecule has 1 saturated heterocycles. The summed E-state index contributed by atoms with van der Waals surface area (Å²) < 4.78 is 5.90. The third kappa shape index (κ3) is 4.31. The zero-order chi connectivity index (χ0) is 19.5. The van der Waals surface area contributed by atoms with Crippen LogP contribution >= 0.6 is 11.3 Å². The summed E-state index contributed by atoms with van der Waals surface area (Å²) >= 11 is 1.66. The van der Waals surface area contributed by atoms with E-state index in [0.29, 0.717) is 6.04 Å². The summed E-state index contributed by atoms with van der Waals surface area (Å²) in [7, 11) is 0. The lowest BCUT2D eigenvalue weighted by atomic mass is 10.2. The summed E-state index contributed by atoms with van der Waals surface area (Å²) in [6, 6.07) is 8.58. The SMILES string of the molecule is CC1CCCN1CCCOc1ccc(-c2nc3c(s2)CCC3NC(=O)O)cc1. The fourth-order valence-electron chi connectivity index (χ4n) is 4.12. The molecule has 1 aromatic carbocycles. The molecular weight excluding hydrogens is 374 g/mol. The number of benzene rings is 1. The summed E-state index contributed by atoms with van der Waals surface area (Å²) in [6.45, 7) is 5.36. The van der Waals surface area contributed by atoms with Crippen LogP contribution in [0.25, 0.3) is 10.6 Å². The Morgan fingerprint density at radius 1 is 1.36 bits per heavy atom. The van der Waals surface area contributed by atoms with Gasteiger partial charge in [0.05, 0.1) is 18.3 Å². The second kappa shape index (κ2) is 8.49. The lowest BCUT2D eigenvalue weighted by Crippen LogP contribution is -2.28. The Balaban J connectivity index is 1.31. The van der Waals surface area contributed by atoms with Crippen molar-refractivity contribution in [3.8, 4) is 16.3 Å². The number of fused-ring (bicyclic) bond motifs is 1. The number of aromatic nitrogens is 1. The van der Waals surface area contributed by atoms with Gasteiger partial charge in [-0.2, -0.15) is 0 Å². The number of hydrogen-bond donors (Lipinski definition) is 2. The van der Waals surface area contributed by atoms with Crippen LogP contribution in [0.15, 0.2) is 24.3 Å². The first-order valence-electron chi connectivity index (χ1n) is 10.1. The van der Waals surface area contributed by atoms with Crippen molar-refractivity contribution in [2.24, 2.45) is 0 Å². The molecule has 1 fully saturated rings. The van der Waals surface area contributed by atoms with E-state index in [9.17, 15) is 4.79 Å². The molecule has 2 unspecified atom stereocenters.